The van der Waals surface area contributed by atoms with Gasteiger partial charge in [0.15, 0.2) is 0 Å². The molecule has 0 fully saturated rings. The van der Waals surface area contributed by atoms with Crippen LogP contribution in [-0.2, 0) is 6.42 Å². The van der Waals surface area contributed by atoms with Gasteiger partial charge in [0.25, 0.3) is 0 Å². The van der Waals surface area contributed by atoms with Gasteiger partial charge in [-0.2, -0.15) is 0 Å². The lowest BCUT2D eigenvalue weighted by Crippen LogP contribution is -2.29. The summed E-state index contributed by atoms with van der Waals surface area (Å²) in [4.78, 5) is 0. The van der Waals surface area contributed by atoms with E-state index >= 15 is 0 Å². The van der Waals surface area contributed by atoms with Crippen molar-refractivity contribution >= 4 is 22.6 Å². The lowest BCUT2D eigenvalue weighted by atomic mass is 9.99. The largest absolute Gasteiger partial charge is 0.496 e. The molecule has 0 aliphatic carbocycles. The molecule has 3 N–H and O–H groups in total. The number of methoxy groups -OCH3 is 1. The SMILES string of the molecule is COc1ccccc1CC(NN)c1cccc(I)c1. The minimum Gasteiger partial charge on any atom is -0.496 e. The highest BCUT2D eigenvalue weighted by Crippen LogP contribution is 2.25. The molecule has 0 spiro atoms. The smallest absolute Gasteiger partial charge is 0.122 e. The summed E-state index contributed by atoms with van der Waals surface area (Å²) in [7, 11) is 1.69. The Labute approximate surface area is 127 Å². The van der Waals surface area contributed by atoms with Gasteiger partial charge >= 0.3 is 0 Å². The molecule has 1 unspecified atom stereocenters. The number of hydrogen-bond acceptors (Lipinski definition) is 3. The van der Waals surface area contributed by atoms with Crippen molar-refractivity contribution in [2.24, 2.45) is 5.84 Å². The molecule has 0 aliphatic heterocycles. The van der Waals surface area contributed by atoms with E-state index in [1.54, 1.807) is 7.11 Å². The maximum atomic E-state index is 5.70. The Bertz CT molecular complexity index is 545. The first-order valence-corrected chi connectivity index (χ1v) is 7.16. The number of halogens is 1. The fourth-order valence-corrected chi connectivity index (χ4v) is 2.66. The topological polar surface area (TPSA) is 47.3 Å². The van der Waals surface area contributed by atoms with Crippen LogP contribution in [0.15, 0.2) is 48.5 Å². The number of hydrazine groups is 1. The van der Waals surface area contributed by atoms with E-state index in [2.05, 4.69) is 52.3 Å². The van der Waals surface area contributed by atoms with Gasteiger partial charge in [0, 0.05) is 3.57 Å². The monoisotopic (exact) mass is 368 g/mol. The average Bonchev–Trinajstić information content (AvgIpc) is 2.45. The van der Waals surface area contributed by atoms with E-state index in [1.165, 1.54) is 9.13 Å². The Morgan fingerprint density at radius 3 is 2.68 bits per heavy atom. The van der Waals surface area contributed by atoms with Crippen molar-refractivity contribution in [2.45, 2.75) is 12.5 Å². The molecule has 0 bridgehead atoms. The lowest BCUT2D eigenvalue weighted by Gasteiger charge is -2.18. The molecule has 2 rings (SSSR count). The highest BCUT2D eigenvalue weighted by atomic mass is 127. The molecule has 0 radical (unpaired) electrons. The van der Waals surface area contributed by atoms with Gasteiger partial charge in [0.05, 0.1) is 13.2 Å². The zero-order valence-electron chi connectivity index (χ0n) is 10.8. The number of nitrogens with one attached hydrogen (secondary N) is 1. The first kappa shape index (κ1) is 14.3. The van der Waals surface area contributed by atoms with Crippen LogP contribution in [0, 0.1) is 3.57 Å². The number of ether oxygens (including phenoxy) is 1. The Kier molecular flexibility index (Phi) is 5.18. The summed E-state index contributed by atoms with van der Waals surface area (Å²) in [6, 6.07) is 16.4. The van der Waals surface area contributed by atoms with Crippen LogP contribution < -0.4 is 16.0 Å². The maximum Gasteiger partial charge on any atom is 0.122 e. The molecule has 4 heteroatoms. The molecule has 3 nitrogen and oxygen atoms in total. The zero-order valence-corrected chi connectivity index (χ0v) is 12.9. The van der Waals surface area contributed by atoms with Gasteiger partial charge in [-0.05, 0) is 58.3 Å². The van der Waals surface area contributed by atoms with Gasteiger partial charge in [-0.3, -0.25) is 11.3 Å². The third-order valence-corrected chi connectivity index (χ3v) is 3.74. The summed E-state index contributed by atoms with van der Waals surface area (Å²) in [5.74, 6) is 6.60. The van der Waals surface area contributed by atoms with Crippen molar-refractivity contribution in [3.8, 4) is 5.75 Å². The fourth-order valence-electron chi connectivity index (χ4n) is 2.09. The van der Waals surface area contributed by atoms with Crippen LogP contribution in [0.4, 0.5) is 0 Å². The first-order valence-electron chi connectivity index (χ1n) is 6.08. The Hall–Kier alpha value is -1.11. The van der Waals surface area contributed by atoms with Crippen LogP contribution in [0.5, 0.6) is 5.75 Å². The van der Waals surface area contributed by atoms with Crippen LogP contribution in [0.25, 0.3) is 0 Å². The van der Waals surface area contributed by atoms with Crippen LogP contribution in [0.3, 0.4) is 0 Å². The predicted octanol–water partition coefficient (Wildman–Crippen LogP) is 3.05. The second-order valence-corrected chi connectivity index (χ2v) is 5.54. The molecule has 1 atom stereocenters. The fraction of sp³-hybridized carbons (Fsp3) is 0.200. The molecular weight excluding hydrogens is 351 g/mol. The highest BCUT2D eigenvalue weighted by molar-refractivity contribution is 14.1. The van der Waals surface area contributed by atoms with Crippen LogP contribution in [0.1, 0.15) is 17.2 Å². The van der Waals surface area contributed by atoms with Crippen molar-refractivity contribution < 1.29 is 4.74 Å². The molecule has 100 valence electrons. The number of rotatable bonds is 5. The third-order valence-electron chi connectivity index (χ3n) is 3.07. The summed E-state index contributed by atoms with van der Waals surface area (Å²) in [5.41, 5.74) is 5.21. The molecule has 2 aromatic rings. The molecule has 0 heterocycles. The standard InChI is InChI=1S/C15H17IN2O/c1-19-15-8-3-2-5-12(15)10-14(18-17)11-6-4-7-13(16)9-11/h2-9,14,18H,10,17H2,1H3. The molecule has 0 aliphatic rings. The predicted molar refractivity (Wildman–Crippen MR) is 85.9 cm³/mol. The summed E-state index contributed by atoms with van der Waals surface area (Å²) >= 11 is 2.31. The molecular formula is C15H17IN2O. The molecule has 0 saturated carbocycles. The quantitative estimate of drug-likeness (QED) is 0.485. The normalized spacial score (nSPS) is 12.2. The van der Waals surface area contributed by atoms with Gasteiger partial charge in [-0.25, -0.2) is 0 Å². The zero-order chi connectivity index (χ0) is 13.7. The van der Waals surface area contributed by atoms with E-state index < -0.39 is 0 Å². The van der Waals surface area contributed by atoms with Gasteiger partial charge in [0.2, 0.25) is 0 Å². The van der Waals surface area contributed by atoms with E-state index in [1.807, 2.05) is 24.3 Å². The van der Waals surface area contributed by atoms with E-state index in [0.29, 0.717) is 0 Å². The van der Waals surface area contributed by atoms with Gasteiger partial charge < -0.3 is 4.74 Å². The van der Waals surface area contributed by atoms with E-state index in [0.717, 1.165) is 17.7 Å². The van der Waals surface area contributed by atoms with Crippen molar-refractivity contribution in [2.75, 3.05) is 7.11 Å². The Morgan fingerprint density at radius 2 is 2.00 bits per heavy atom. The van der Waals surface area contributed by atoms with E-state index in [-0.39, 0.29) is 6.04 Å². The van der Waals surface area contributed by atoms with Gasteiger partial charge in [-0.1, -0.05) is 30.3 Å². The van der Waals surface area contributed by atoms with Gasteiger partial charge in [0.1, 0.15) is 5.75 Å². The van der Waals surface area contributed by atoms with Crippen molar-refractivity contribution in [3.63, 3.8) is 0 Å². The second kappa shape index (κ2) is 6.88. The molecule has 0 amide bonds. The first-order chi connectivity index (χ1) is 9.24. The summed E-state index contributed by atoms with van der Waals surface area (Å²) in [6.45, 7) is 0. The van der Waals surface area contributed by atoms with Gasteiger partial charge in [-0.15, -0.1) is 0 Å². The van der Waals surface area contributed by atoms with Crippen molar-refractivity contribution in [1.82, 2.24) is 5.43 Å². The highest BCUT2D eigenvalue weighted by Gasteiger charge is 2.13. The van der Waals surface area contributed by atoms with Crippen LogP contribution in [0.2, 0.25) is 0 Å². The minimum atomic E-state index is 0.0750. The summed E-state index contributed by atoms with van der Waals surface area (Å²) in [6.07, 6.45) is 0.792. The molecule has 0 aromatic heterocycles. The lowest BCUT2D eigenvalue weighted by molar-refractivity contribution is 0.405. The van der Waals surface area contributed by atoms with Crippen molar-refractivity contribution in [1.29, 1.82) is 0 Å². The second-order valence-electron chi connectivity index (χ2n) is 4.29. The Balaban J connectivity index is 2.24. The maximum absolute atomic E-state index is 5.70. The number of nitrogens with two attached hydrogens (primary N) is 1. The minimum absolute atomic E-state index is 0.0750. The van der Waals surface area contributed by atoms with E-state index in [9.17, 15) is 0 Å². The van der Waals surface area contributed by atoms with E-state index in [4.69, 9.17) is 10.6 Å². The molecule has 2 aromatic carbocycles. The van der Waals surface area contributed by atoms with Crippen LogP contribution >= 0.6 is 22.6 Å². The average molecular weight is 368 g/mol. The summed E-state index contributed by atoms with van der Waals surface area (Å²) < 4.78 is 6.58. The van der Waals surface area contributed by atoms with Crippen molar-refractivity contribution in [3.05, 3.63) is 63.2 Å². The molecule has 19 heavy (non-hydrogen) atoms. The number of para-hydroxylation sites is 1. The number of hydrogen-bond donors (Lipinski definition) is 2. The summed E-state index contributed by atoms with van der Waals surface area (Å²) in [5, 5.41) is 0. The van der Waals surface area contributed by atoms with Crippen LogP contribution in [-0.4, -0.2) is 7.11 Å². The number of benzene rings is 2. The molecule has 0 saturated heterocycles. The Morgan fingerprint density at radius 1 is 1.21 bits per heavy atom. The third kappa shape index (κ3) is 3.68.